The highest BCUT2D eigenvalue weighted by Gasteiger charge is 2.16. The van der Waals surface area contributed by atoms with Gasteiger partial charge in [-0.2, -0.15) is 0 Å². The predicted molar refractivity (Wildman–Crippen MR) is 90.8 cm³/mol. The summed E-state index contributed by atoms with van der Waals surface area (Å²) in [5.41, 5.74) is 9.74. The van der Waals surface area contributed by atoms with Crippen LogP contribution in [0, 0.1) is 13.8 Å². The lowest BCUT2D eigenvalue weighted by Crippen LogP contribution is -2.32. The molecule has 3 nitrogen and oxygen atoms in total. The van der Waals surface area contributed by atoms with Crippen LogP contribution in [-0.4, -0.2) is 23.9 Å². The van der Waals surface area contributed by atoms with Gasteiger partial charge in [0.05, 0.1) is 0 Å². The number of nitrogens with zero attached hydrogens (tertiary/aromatic N) is 1. The Kier molecular flexibility index (Phi) is 5.73. The highest BCUT2D eigenvalue weighted by molar-refractivity contribution is 5.94. The third kappa shape index (κ3) is 4.43. The summed E-state index contributed by atoms with van der Waals surface area (Å²) in [6, 6.07) is 16.1. The number of nitrogens with two attached hydrogens (primary N) is 1. The molecule has 0 spiro atoms. The third-order valence-corrected chi connectivity index (χ3v) is 3.60. The Morgan fingerprint density at radius 3 is 2.27 bits per heavy atom. The second kappa shape index (κ2) is 7.76. The molecule has 0 heterocycles. The Balaban J connectivity index is 2.21. The van der Waals surface area contributed by atoms with E-state index in [-0.39, 0.29) is 5.91 Å². The molecule has 0 saturated carbocycles. The van der Waals surface area contributed by atoms with Gasteiger partial charge in [-0.3, -0.25) is 4.79 Å². The van der Waals surface area contributed by atoms with Crippen molar-refractivity contribution in [3.63, 3.8) is 0 Å². The Morgan fingerprint density at radius 1 is 1.05 bits per heavy atom. The number of benzene rings is 2. The number of carbonyl (C=O) groups excluding carboxylic acids is 1. The monoisotopic (exact) mass is 296 g/mol. The molecular formula is C19H24N2O. The standard InChI is InChI=1S/C19H24N2O/c1-15-11-16(2)13-18(12-15)19(22)21(10-6-9-20)14-17-7-4-3-5-8-17/h3-5,7-8,11-13H,6,9-10,14,20H2,1-2H3. The summed E-state index contributed by atoms with van der Waals surface area (Å²) in [6.07, 6.45) is 0.809. The van der Waals surface area contributed by atoms with Crippen LogP contribution in [0.1, 0.15) is 33.5 Å². The fourth-order valence-electron chi connectivity index (χ4n) is 2.62. The predicted octanol–water partition coefficient (Wildman–Crippen LogP) is 3.29. The van der Waals surface area contributed by atoms with E-state index in [9.17, 15) is 4.79 Å². The normalized spacial score (nSPS) is 10.5. The minimum atomic E-state index is 0.0732. The molecule has 0 radical (unpaired) electrons. The van der Waals surface area contributed by atoms with Gasteiger partial charge in [0, 0.05) is 18.7 Å². The first-order valence-electron chi connectivity index (χ1n) is 7.71. The Bertz CT molecular complexity index is 602. The molecule has 22 heavy (non-hydrogen) atoms. The van der Waals surface area contributed by atoms with Crippen molar-refractivity contribution in [3.8, 4) is 0 Å². The molecule has 0 aliphatic carbocycles. The van der Waals surface area contributed by atoms with Crippen LogP contribution >= 0.6 is 0 Å². The molecule has 2 aromatic carbocycles. The fraction of sp³-hybridized carbons (Fsp3) is 0.316. The summed E-state index contributed by atoms with van der Waals surface area (Å²) in [4.78, 5) is 14.7. The molecule has 0 bridgehead atoms. The van der Waals surface area contributed by atoms with Gasteiger partial charge in [0.1, 0.15) is 0 Å². The Hall–Kier alpha value is -2.13. The topological polar surface area (TPSA) is 46.3 Å². The van der Waals surface area contributed by atoms with Crippen LogP contribution < -0.4 is 5.73 Å². The zero-order chi connectivity index (χ0) is 15.9. The maximum Gasteiger partial charge on any atom is 0.254 e. The fourth-order valence-corrected chi connectivity index (χ4v) is 2.62. The lowest BCUT2D eigenvalue weighted by molar-refractivity contribution is 0.0742. The highest BCUT2D eigenvalue weighted by Crippen LogP contribution is 2.14. The van der Waals surface area contributed by atoms with Gasteiger partial charge in [-0.05, 0) is 44.5 Å². The van der Waals surface area contributed by atoms with Crippen LogP contribution in [-0.2, 0) is 6.54 Å². The van der Waals surface area contributed by atoms with Crippen molar-refractivity contribution in [1.82, 2.24) is 4.90 Å². The van der Waals surface area contributed by atoms with Crippen LogP contribution in [0.4, 0.5) is 0 Å². The van der Waals surface area contributed by atoms with E-state index in [1.54, 1.807) is 0 Å². The SMILES string of the molecule is Cc1cc(C)cc(C(=O)N(CCCN)Cc2ccccc2)c1. The number of hydrogen-bond acceptors (Lipinski definition) is 2. The van der Waals surface area contributed by atoms with Crippen molar-refractivity contribution in [1.29, 1.82) is 0 Å². The van der Waals surface area contributed by atoms with E-state index in [1.807, 2.05) is 61.2 Å². The molecule has 1 amide bonds. The summed E-state index contributed by atoms with van der Waals surface area (Å²) in [6.45, 7) is 5.92. The quantitative estimate of drug-likeness (QED) is 0.889. The highest BCUT2D eigenvalue weighted by atomic mass is 16.2. The average Bonchev–Trinajstić information content (AvgIpc) is 2.50. The molecule has 0 atom stereocenters. The van der Waals surface area contributed by atoms with Crippen molar-refractivity contribution < 1.29 is 4.79 Å². The van der Waals surface area contributed by atoms with E-state index in [0.29, 0.717) is 19.6 Å². The summed E-state index contributed by atoms with van der Waals surface area (Å²) >= 11 is 0. The molecule has 0 fully saturated rings. The average molecular weight is 296 g/mol. The van der Waals surface area contributed by atoms with Crippen LogP contribution in [0.5, 0.6) is 0 Å². The van der Waals surface area contributed by atoms with E-state index in [0.717, 1.165) is 28.7 Å². The number of aryl methyl sites for hydroxylation is 2. The molecule has 0 aliphatic heterocycles. The molecule has 0 saturated heterocycles. The van der Waals surface area contributed by atoms with Crippen LogP contribution in [0.25, 0.3) is 0 Å². The van der Waals surface area contributed by atoms with Crippen LogP contribution in [0.3, 0.4) is 0 Å². The molecular weight excluding hydrogens is 272 g/mol. The third-order valence-electron chi connectivity index (χ3n) is 3.60. The van der Waals surface area contributed by atoms with Crippen molar-refractivity contribution in [2.75, 3.05) is 13.1 Å². The lowest BCUT2D eigenvalue weighted by atomic mass is 10.1. The molecule has 0 aliphatic rings. The zero-order valence-electron chi connectivity index (χ0n) is 13.4. The zero-order valence-corrected chi connectivity index (χ0v) is 13.4. The second-order valence-corrected chi connectivity index (χ2v) is 5.73. The Morgan fingerprint density at radius 2 is 1.68 bits per heavy atom. The second-order valence-electron chi connectivity index (χ2n) is 5.73. The number of carbonyl (C=O) groups is 1. The van der Waals surface area contributed by atoms with Crippen LogP contribution in [0.2, 0.25) is 0 Å². The first kappa shape index (κ1) is 16.2. The van der Waals surface area contributed by atoms with Crippen LogP contribution in [0.15, 0.2) is 48.5 Å². The largest absolute Gasteiger partial charge is 0.334 e. The first-order chi connectivity index (χ1) is 10.6. The number of rotatable bonds is 6. The maximum atomic E-state index is 12.8. The molecule has 3 heteroatoms. The van der Waals surface area contributed by atoms with Gasteiger partial charge in [-0.1, -0.05) is 47.5 Å². The lowest BCUT2D eigenvalue weighted by Gasteiger charge is -2.23. The van der Waals surface area contributed by atoms with Gasteiger partial charge in [0.25, 0.3) is 5.91 Å². The van der Waals surface area contributed by atoms with Gasteiger partial charge in [0.2, 0.25) is 0 Å². The van der Waals surface area contributed by atoms with E-state index in [4.69, 9.17) is 5.73 Å². The van der Waals surface area contributed by atoms with Gasteiger partial charge in [-0.15, -0.1) is 0 Å². The van der Waals surface area contributed by atoms with Crippen molar-refractivity contribution >= 4 is 5.91 Å². The van der Waals surface area contributed by atoms with Crippen molar-refractivity contribution in [2.24, 2.45) is 5.73 Å². The Labute approximate surface area is 132 Å². The molecule has 0 aromatic heterocycles. The maximum absolute atomic E-state index is 12.8. The molecule has 116 valence electrons. The minimum absolute atomic E-state index is 0.0732. The first-order valence-corrected chi connectivity index (χ1v) is 7.71. The van der Waals surface area contributed by atoms with E-state index < -0.39 is 0 Å². The van der Waals surface area contributed by atoms with Crippen molar-refractivity contribution in [2.45, 2.75) is 26.8 Å². The summed E-state index contributed by atoms with van der Waals surface area (Å²) in [7, 11) is 0. The van der Waals surface area contributed by atoms with E-state index in [1.165, 1.54) is 0 Å². The molecule has 0 unspecified atom stereocenters. The number of amides is 1. The van der Waals surface area contributed by atoms with Crippen molar-refractivity contribution in [3.05, 3.63) is 70.8 Å². The summed E-state index contributed by atoms with van der Waals surface area (Å²) < 4.78 is 0. The van der Waals surface area contributed by atoms with E-state index >= 15 is 0 Å². The smallest absolute Gasteiger partial charge is 0.254 e. The molecule has 2 aromatic rings. The number of hydrogen-bond donors (Lipinski definition) is 1. The molecule has 2 rings (SSSR count). The summed E-state index contributed by atoms with van der Waals surface area (Å²) in [5.74, 6) is 0.0732. The van der Waals surface area contributed by atoms with E-state index in [2.05, 4.69) is 6.07 Å². The van der Waals surface area contributed by atoms with Gasteiger partial charge >= 0.3 is 0 Å². The van der Waals surface area contributed by atoms with Gasteiger partial charge < -0.3 is 10.6 Å². The molecule has 2 N–H and O–H groups in total. The van der Waals surface area contributed by atoms with Gasteiger partial charge in [0.15, 0.2) is 0 Å². The van der Waals surface area contributed by atoms with Gasteiger partial charge in [-0.25, -0.2) is 0 Å². The minimum Gasteiger partial charge on any atom is -0.334 e. The summed E-state index contributed by atoms with van der Waals surface area (Å²) in [5, 5.41) is 0.